The number of carbonyl (C=O) groups is 2. The zero-order chi connectivity index (χ0) is 22.9. The number of nitrogens with zero attached hydrogens (tertiary/aromatic N) is 2. The lowest BCUT2D eigenvalue weighted by Crippen LogP contribution is -2.35. The van der Waals surface area contributed by atoms with E-state index in [1.807, 2.05) is 18.2 Å². The summed E-state index contributed by atoms with van der Waals surface area (Å²) in [5.74, 6) is -0.264. The molecule has 0 aliphatic carbocycles. The minimum atomic E-state index is -0.416. The predicted molar refractivity (Wildman–Crippen MR) is 125 cm³/mol. The van der Waals surface area contributed by atoms with E-state index < -0.39 is 5.97 Å². The van der Waals surface area contributed by atoms with Crippen LogP contribution in [0.2, 0.25) is 0 Å². The Hall–Kier alpha value is -3.81. The Morgan fingerprint density at radius 2 is 1.61 bits per heavy atom. The summed E-state index contributed by atoms with van der Waals surface area (Å²) in [5.41, 5.74) is 5.48. The van der Waals surface area contributed by atoms with E-state index >= 15 is 0 Å². The van der Waals surface area contributed by atoms with Crippen molar-refractivity contribution in [3.63, 3.8) is 0 Å². The molecule has 33 heavy (non-hydrogen) atoms. The quantitative estimate of drug-likeness (QED) is 0.262. The van der Waals surface area contributed by atoms with E-state index in [1.165, 1.54) is 6.21 Å². The molecule has 1 heterocycles. The van der Waals surface area contributed by atoms with Crippen LogP contribution in [0.15, 0.2) is 84.0 Å². The summed E-state index contributed by atoms with van der Waals surface area (Å²) in [6.45, 7) is 4.22. The van der Waals surface area contributed by atoms with E-state index in [-0.39, 0.29) is 5.91 Å². The molecule has 168 valence electrons. The molecular weight excluding hydrogens is 418 g/mol. The molecule has 0 aromatic heterocycles. The van der Waals surface area contributed by atoms with Crippen LogP contribution in [0.25, 0.3) is 0 Å². The van der Waals surface area contributed by atoms with Gasteiger partial charge in [0.25, 0.3) is 5.91 Å². The van der Waals surface area contributed by atoms with Crippen LogP contribution in [-0.4, -0.2) is 49.3 Å². The standard InChI is InChI=1S/C26H25N3O4/c30-25(22-10-6-21(7-11-22)19-29-14-16-32-17-15-29)28-27-18-20-8-12-24(13-9-20)33-26(31)23-4-2-1-3-5-23/h1-13,18H,14-17,19H2,(H,28,30)/b27-18-. The topological polar surface area (TPSA) is 80.2 Å². The Morgan fingerprint density at radius 1 is 0.909 bits per heavy atom. The molecule has 3 aromatic rings. The van der Waals surface area contributed by atoms with Crippen molar-refractivity contribution in [3.8, 4) is 5.75 Å². The first-order chi connectivity index (χ1) is 16.2. The molecule has 4 rings (SSSR count). The minimum absolute atomic E-state index is 0.280. The number of benzene rings is 3. The second-order valence-electron chi connectivity index (χ2n) is 7.61. The molecule has 0 saturated carbocycles. The van der Waals surface area contributed by atoms with Gasteiger partial charge >= 0.3 is 5.97 Å². The SMILES string of the molecule is O=C(N/N=C\c1ccc(OC(=O)c2ccccc2)cc1)c1ccc(CN2CCOCC2)cc1. The van der Waals surface area contributed by atoms with E-state index in [9.17, 15) is 9.59 Å². The number of ether oxygens (including phenoxy) is 2. The summed E-state index contributed by atoms with van der Waals surface area (Å²) in [4.78, 5) is 26.8. The van der Waals surface area contributed by atoms with Crippen molar-refractivity contribution in [1.29, 1.82) is 0 Å². The summed E-state index contributed by atoms with van der Waals surface area (Å²) in [7, 11) is 0. The number of hydrazone groups is 1. The van der Waals surface area contributed by atoms with Crippen LogP contribution in [0.3, 0.4) is 0 Å². The maximum Gasteiger partial charge on any atom is 0.343 e. The van der Waals surface area contributed by atoms with Crippen LogP contribution < -0.4 is 10.2 Å². The van der Waals surface area contributed by atoms with E-state index in [0.29, 0.717) is 16.9 Å². The Balaban J connectivity index is 1.26. The van der Waals surface area contributed by atoms with Gasteiger partial charge in [-0.05, 0) is 59.7 Å². The molecule has 7 heteroatoms. The first-order valence-electron chi connectivity index (χ1n) is 10.8. The van der Waals surface area contributed by atoms with Crippen LogP contribution >= 0.6 is 0 Å². The Kier molecular flexibility index (Phi) is 7.58. The van der Waals surface area contributed by atoms with Gasteiger partial charge < -0.3 is 9.47 Å². The van der Waals surface area contributed by atoms with Gasteiger partial charge in [0.15, 0.2) is 0 Å². The normalized spacial score (nSPS) is 14.2. The van der Waals surface area contributed by atoms with Crippen LogP contribution in [0.1, 0.15) is 31.8 Å². The smallest absolute Gasteiger partial charge is 0.343 e. The third-order valence-corrected chi connectivity index (χ3v) is 5.21. The first kappa shape index (κ1) is 22.4. The molecule has 1 aliphatic rings. The van der Waals surface area contributed by atoms with Crippen molar-refractivity contribution in [3.05, 3.63) is 101 Å². The zero-order valence-electron chi connectivity index (χ0n) is 18.1. The lowest BCUT2D eigenvalue weighted by atomic mass is 10.1. The van der Waals surface area contributed by atoms with Gasteiger partial charge in [-0.25, -0.2) is 10.2 Å². The molecule has 1 fully saturated rings. The van der Waals surface area contributed by atoms with Crippen molar-refractivity contribution in [2.24, 2.45) is 5.10 Å². The largest absolute Gasteiger partial charge is 0.423 e. The number of esters is 1. The molecule has 0 bridgehead atoms. The highest BCUT2D eigenvalue weighted by atomic mass is 16.5. The molecule has 3 aromatic carbocycles. The predicted octanol–water partition coefficient (Wildman–Crippen LogP) is 3.50. The molecule has 1 saturated heterocycles. The van der Waals surface area contributed by atoms with Crippen LogP contribution in [0, 0.1) is 0 Å². The van der Waals surface area contributed by atoms with E-state index in [1.54, 1.807) is 60.7 Å². The molecule has 0 radical (unpaired) electrons. The van der Waals surface area contributed by atoms with Crippen LogP contribution in [-0.2, 0) is 11.3 Å². The lowest BCUT2D eigenvalue weighted by Gasteiger charge is -2.26. The highest BCUT2D eigenvalue weighted by Gasteiger charge is 2.11. The van der Waals surface area contributed by atoms with E-state index in [4.69, 9.17) is 9.47 Å². The third kappa shape index (κ3) is 6.58. The molecular formula is C26H25N3O4. The van der Waals surface area contributed by atoms with Crippen molar-refractivity contribution in [2.45, 2.75) is 6.54 Å². The number of nitrogens with one attached hydrogen (secondary N) is 1. The van der Waals surface area contributed by atoms with E-state index in [0.717, 1.165) is 44.0 Å². The lowest BCUT2D eigenvalue weighted by molar-refractivity contribution is 0.0342. The fourth-order valence-corrected chi connectivity index (χ4v) is 3.37. The molecule has 1 amide bonds. The summed E-state index contributed by atoms with van der Waals surface area (Å²) in [5, 5.41) is 4.02. The molecule has 1 aliphatic heterocycles. The van der Waals surface area contributed by atoms with Gasteiger partial charge in [-0.2, -0.15) is 5.10 Å². The summed E-state index contributed by atoms with van der Waals surface area (Å²) in [6.07, 6.45) is 1.54. The van der Waals surface area contributed by atoms with Crippen LogP contribution in [0.5, 0.6) is 5.75 Å². The average Bonchev–Trinajstić information content (AvgIpc) is 2.86. The number of carbonyl (C=O) groups excluding carboxylic acids is 2. The molecule has 0 unspecified atom stereocenters. The zero-order valence-corrected chi connectivity index (χ0v) is 18.1. The van der Waals surface area contributed by atoms with E-state index in [2.05, 4.69) is 15.4 Å². The van der Waals surface area contributed by atoms with Gasteiger partial charge in [0.05, 0.1) is 25.0 Å². The maximum absolute atomic E-state index is 12.3. The number of amides is 1. The Morgan fingerprint density at radius 3 is 2.30 bits per heavy atom. The summed E-state index contributed by atoms with van der Waals surface area (Å²) in [6, 6.07) is 23.2. The molecule has 0 atom stereocenters. The molecule has 7 nitrogen and oxygen atoms in total. The molecule has 0 spiro atoms. The maximum atomic E-state index is 12.3. The van der Waals surface area contributed by atoms with Gasteiger partial charge in [-0.15, -0.1) is 0 Å². The summed E-state index contributed by atoms with van der Waals surface area (Å²) >= 11 is 0. The highest BCUT2D eigenvalue weighted by Crippen LogP contribution is 2.14. The second kappa shape index (κ2) is 11.2. The fourth-order valence-electron chi connectivity index (χ4n) is 3.37. The van der Waals surface area contributed by atoms with Crippen molar-refractivity contribution in [2.75, 3.05) is 26.3 Å². The number of rotatable bonds is 7. The van der Waals surface area contributed by atoms with Gasteiger partial charge in [-0.1, -0.05) is 30.3 Å². The number of morpholine rings is 1. The number of hydrogen-bond donors (Lipinski definition) is 1. The first-order valence-corrected chi connectivity index (χ1v) is 10.8. The Labute approximate surface area is 192 Å². The summed E-state index contributed by atoms with van der Waals surface area (Å²) < 4.78 is 10.7. The van der Waals surface area contributed by atoms with Gasteiger partial charge in [0, 0.05) is 25.2 Å². The van der Waals surface area contributed by atoms with Crippen molar-refractivity contribution >= 4 is 18.1 Å². The average molecular weight is 444 g/mol. The Bertz CT molecular complexity index is 1090. The van der Waals surface area contributed by atoms with Crippen LogP contribution in [0.4, 0.5) is 0 Å². The minimum Gasteiger partial charge on any atom is -0.423 e. The van der Waals surface area contributed by atoms with Crippen molar-refractivity contribution in [1.82, 2.24) is 10.3 Å². The molecule has 1 N–H and O–H groups in total. The fraction of sp³-hybridized carbons (Fsp3) is 0.192. The van der Waals surface area contributed by atoms with Gasteiger partial charge in [0.2, 0.25) is 0 Å². The number of hydrogen-bond acceptors (Lipinski definition) is 6. The second-order valence-corrected chi connectivity index (χ2v) is 7.61. The third-order valence-electron chi connectivity index (χ3n) is 5.21. The van der Waals surface area contributed by atoms with Gasteiger partial charge in [0.1, 0.15) is 5.75 Å². The monoisotopic (exact) mass is 443 g/mol. The van der Waals surface area contributed by atoms with Gasteiger partial charge in [-0.3, -0.25) is 9.69 Å². The highest BCUT2D eigenvalue weighted by molar-refractivity contribution is 5.95. The van der Waals surface area contributed by atoms with Crippen molar-refractivity contribution < 1.29 is 19.1 Å².